The van der Waals surface area contributed by atoms with Gasteiger partial charge in [-0.2, -0.15) is 0 Å². The Morgan fingerprint density at radius 2 is 1.95 bits per heavy atom. The predicted molar refractivity (Wildman–Crippen MR) is 86.6 cm³/mol. The third-order valence-electron chi connectivity index (χ3n) is 3.99. The number of ether oxygens (including phenoxy) is 1. The summed E-state index contributed by atoms with van der Waals surface area (Å²) in [5.41, 5.74) is 0. The second-order valence-corrected chi connectivity index (χ2v) is 7.20. The Bertz CT molecular complexity index is 460. The normalized spacial score (nSPS) is 22.7. The molecule has 0 bridgehead atoms. The van der Waals surface area contributed by atoms with Crippen LogP contribution < -0.4 is 5.32 Å². The number of hydrogen-bond donors (Lipinski definition) is 1. The molecule has 2 unspecified atom stereocenters. The maximum absolute atomic E-state index is 5.79. The van der Waals surface area contributed by atoms with Crippen LogP contribution in [0.15, 0.2) is 35.0 Å². The molecule has 0 aromatic carbocycles. The highest BCUT2D eigenvalue weighted by atomic mass is 32.1. The molecule has 3 heterocycles. The molecule has 20 heavy (non-hydrogen) atoms. The van der Waals surface area contributed by atoms with Crippen molar-refractivity contribution >= 4 is 22.7 Å². The zero-order chi connectivity index (χ0) is 13.8. The van der Waals surface area contributed by atoms with Gasteiger partial charge in [-0.3, -0.25) is 0 Å². The lowest BCUT2D eigenvalue weighted by Crippen LogP contribution is -2.31. The van der Waals surface area contributed by atoms with Crippen LogP contribution in [0.5, 0.6) is 0 Å². The molecular weight excluding hydrogens is 286 g/mol. The van der Waals surface area contributed by atoms with Gasteiger partial charge >= 0.3 is 0 Å². The topological polar surface area (TPSA) is 21.3 Å². The van der Waals surface area contributed by atoms with E-state index in [2.05, 4.69) is 47.3 Å². The maximum Gasteiger partial charge on any atom is 0.0764 e. The lowest BCUT2D eigenvalue weighted by Gasteiger charge is -2.22. The van der Waals surface area contributed by atoms with Crippen LogP contribution in [0.3, 0.4) is 0 Å². The zero-order valence-corrected chi connectivity index (χ0v) is 13.4. The average Bonchev–Trinajstić information content (AvgIpc) is 3.22. The van der Waals surface area contributed by atoms with Crippen molar-refractivity contribution in [2.75, 3.05) is 13.2 Å². The maximum atomic E-state index is 5.79. The average molecular weight is 307 g/mol. The highest BCUT2D eigenvalue weighted by Gasteiger charge is 2.27. The van der Waals surface area contributed by atoms with E-state index in [0.29, 0.717) is 18.1 Å². The lowest BCUT2D eigenvalue weighted by molar-refractivity contribution is 0.0869. The van der Waals surface area contributed by atoms with Gasteiger partial charge in [0.1, 0.15) is 0 Å². The fourth-order valence-corrected chi connectivity index (χ4v) is 4.61. The lowest BCUT2D eigenvalue weighted by atomic mass is 9.99. The molecule has 2 nitrogen and oxygen atoms in total. The number of hydrogen-bond acceptors (Lipinski definition) is 4. The number of thiophene rings is 2. The highest BCUT2D eigenvalue weighted by molar-refractivity contribution is 7.11. The molecule has 2 aromatic rings. The Hall–Kier alpha value is -0.680. The SMILES string of the molecule is CCC1OCCC1CNC(c1cccs1)c1cccs1. The smallest absolute Gasteiger partial charge is 0.0764 e. The summed E-state index contributed by atoms with van der Waals surface area (Å²) in [4.78, 5) is 2.80. The Kier molecular flexibility index (Phi) is 4.89. The van der Waals surface area contributed by atoms with Crippen molar-refractivity contribution in [1.29, 1.82) is 0 Å². The molecule has 1 fully saturated rings. The molecule has 0 spiro atoms. The van der Waals surface area contributed by atoms with E-state index in [1.165, 1.54) is 16.2 Å². The molecule has 1 saturated heterocycles. The minimum Gasteiger partial charge on any atom is -0.378 e. The van der Waals surface area contributed by atoms with Gasteiger partial charge in [-0.15, -0.1) is 22.7 Å². The Balaban J connectivity index is 1.68. The van der Waals surface area contributed by atoms with E-state index >= 15 is 0 Å². The Labute approximate surface area is 128 Å². The van der Waals surface area contributed by atoms with E-state index in [0.717, 1.165) is 19.6 Å². The van der Waals surface area contributed by atoms with Gasteiger partial charge in [-0.25, -0.2) is 0 Å². The first kappa shape index (κ1) is 14.3. The minimum atomic E-state index is 0.341. The summed E-state index contributed by atoms with van der Waals surface area (Å²) in [6, 6.07) is 9.06. The molecule has 0 saturated carbocycles. The Morgan fingerprint density at radius 3 is 2.50 bits per heavy atom. The molecule has 3 rings (SSSR count). The largest absolute Gasteiger partial charge is 0.378 e. The van der Waals surface area contributed by atoms with E-state index in [-0.39, 0.29) is 0 Å². The van der Waals surface area contributed by atoms with Crippen LogP contribution in [0.2, 0.25) is 0 Å². The van der Waals surface area contributed by atoms with Crippen molar-refractivity contribution < 1.29 is 4.74 Å². The van der Waals surface area contributed by atoms with Crippen LogP contribution in [0.1, 0.15) is 35.6 Å². The van der Waals surface area contributed by atoms with Crippen molar-refractivity contribution in [1.82, 2.24) is 5.32 Å². The zero-order valence-electron chi connectivity index (χ0n) is 11.7. The molecule has 1 aliphatic rings. The van der Waals surface area contributed by atoms with Gasteiger partial charge in [-0.1, -0.05) is 19.1 Å². The van der Waals surface area contributed by atoms with E-state index in [1.807, 2.05) is 22.7 Å². The van der Waals surface area contributed by atoms with E-state index in [1.54, 1.807) is 0 Å². The van der Waals surface area contributed by atoms with Gasteiger partial charge in [0.05, 0.1) is 12.1 Å². The standard InChI is InChI=1S/C16H21NOS2/c1-2-13-12(7-8-18-13)11-17-16(14-5-3-9-19-14)15-6-4-10-20-15/h3-6,9-10,12-13,16-17H,2,7-8,11H2,1H3. The molecule has 2 aromatic heterocycles. The molecular formula is C16H21NOS2. The third kappa shape index (κ3) is 3.14. The van der Waals surface area contributed by atoms with Crippen molar-refractivity contribution in [3.8, 4) is 0 Å². The number of rotatable bonds is 6. The highest BCUT2D eigenvalue weighted by Crippen LogP contribution is 2.30. The summed E-state index contributed by atoms with van der Waals surface area (Å²) in [6.45, 7) is 4.19. The van der Waals surface area contributed by atoms with E-state index < -0.39 is 0 Å². The summed E-state index contributed by atoms with van der Waals surface area (Å²) >= 11 is 3.66. The van der Waals surface area contributed by atoms with Crippen molar-refractivity contribution in [2.45, 2.75) is 31.9 Å². The monoisotopic (exact) mass is 307 g/mol. The molecule has 4 heteroatoms. The van der Waals surface area contributed by atoms with E-state index in [4.69, 9.17) is 4.74 Å². The van der Waals surface area contributed by atoms with Gasteiger partial charge in [0, 0.05) is 22.9 Å². The van der Waals surface area contributed by atoms with Crippen LogP contribution >= 0.6 is 22.7 Å². The first-order chi connectivity index (χ1) is 9.88. The number of nitrogens with one attached hydrogen (secondary N) is 1. The summed E-state index contributed by atoms with van der Waals surface area (Å²) < 4.78 is 5.79. The second-order valence-electron chi connectivity index (χ2n) is 5.24. The third-order valence-corrected chi connectivity index (χ3v) is 5.86. The van der Waals surface area contributed by atoms with Gasteiger partial charge in [0.2, 0.25) is 0 Å². The van der Waals surface area contributed by atoms with Gasteiger partial charge in [0.15, 0.2) is 0 Å². The molecule has 2 atom stereocenters. The van der Waals surface area contributed by atoms with E-state index in [9.17, 15) is 0 Å². The molecule has 108 valence electrons. The summed E-state index contributed by atoms with van der Waals surface area (Å²) in [5, 5.41) is 8.09. The summed E-state index contributed by atoms with van der Waals surface area (Å²) in [7, 11) is 0. The van der Waals surface area contributed by atoms with Crippen LogP contribution in [-0.2, 0) is 4.74 Å². The van der Waals surface area contributed by atoms with Crippen LogP contribution in [0, 0.1) is 5.92 Å². The molecule has 1 N–H and O–H groups in total. The predicted octanol–water partition coefficient (Wildman–Crippen LogP) is 4.30. The minimum absolute atomic E-state index is 0.341. The van der Waals surface area contributed by atoms with Gasteiger partial charge in [-0.05, 0) is 41.7 Å². The quantitative estimate of drug-likeness (QED) is 0.859. The van der Waals surface area contributed by atoms with Crippen LogP contribution in [-0.4, -0.2) is 19.3 Å². The second kappa shape index (κ2) is 6.85. The molecule has 0 aliphatic carbocycles. The van der Waals surface area contributed by atoms with Crippen molar-refractivity contribution in [3.05, 3.63) is 44.8 Å². The van der Waals surface area contributed by atoms with Crippen LogP contribution in [0.4, 0.5) is 0 Å². The fraction of sp³-hybridized carbons (Fsp3) is 0.500. The van der Waals surface area contributed by atoms with Crippen molar-refractivity contribution in [2.24, 2.45) is 5.92 Å². The fourth-order valence-electron chi connectivity index (χ4n) is 2.90. The van der Waals surface area contributed by atoms with Crippen molar-refractivity contribution in [3.63, 3.8) is 0 Å². The Morgan fingerprint density at radius 1 is 1.25 bits per heavy atom. The summed E-state index contributed by atoms with van der Waals surface area (Å²) in [6.07, 6.45) is 2.75. The summed E-state index contributed by atoms with van der Waals surface area (Å²) in [5.74, 6) is 0.655. The molecule has 1 aliphatic heterocycles. The van der Waals surface area contributed by atoms with Gasteiger partial charge < -0.3 is 10.1 Å². The molecule has 0 amide bonds. The first-order valence-corrected chi connectivity index (χ1v) is 9.06. The molecule has 0 radical (unpaired) electrons. The first-order valence-electron chi connectivity index (χ1n) is 7.30. The van der Waals surface area contributed by atoms with Gasteiger partial charge in [0.25, 0.3) is 0 Å². The van der Waals surface area contributed by atoms with Crippen LogP contribution in [0.25, 0.3) is 0 Å².